The zero-order valence-corrected chi connectivity index (χ0v) is 15.8. The fourth-order valence-electron chi connectivity index (χ4n) is 2.03. The monoisotopic (exact) mass is 362 g/mol. The zero-order valence-electron chi connectivity index (χ0n) is 14.1. The van der Waals surface area contributed by atoms with Crippen molar-refractivity contribution in [2.45, 2.75) is 31.2 Å². The zero-order chi connectivity index (χ0) is 17.5. The third-order valence-corrected chi connectivity index (χ3v) is 5.55. The number of carbonyl (C=O) groups is 1. The number of hydrogen-bond donors (Lipinski definition) is 2. The largest absolute Gasteiger partial charge is 0.357 e. The molecule has 1 amide bonds. The Morgan fingerprint density at radius 1 is 1.38 bits per heavy atom. The summed E-state index contributed by atoms with van der Waals surface area (Å²) in [4.78, 5) is 12.1. The number of aryl methyl sites for hydroxylation is 2. The Labute approximate surface area is 151 Å². The summed E-state index contributed by atoms with van der Waals surface area (Å²) in [7, 11) is 0. The van der Waals surface area contributed by atoms with Crippen molar-refractivity contribution in [2.75, 3.05) is 17.6 Å². The van der Waals surface area contributed by atoms with E-state index in [0.29, 0.717) is 12.3 Å². The van der Waals surface area contributed by atoms with Crippen molar-refractivity contribution in [3.8, 4) is 0 Å². The molecule has 1 aromatic carbocycles. The number of rotatable bonds is 8. The van der Waals surface area contributed by atoms with E-state index in [1.807, 2.05) is 6.92 Å². The van der Waals surface area contributed by atoms with Gasteiger partial charge >= 0.3 is 0 Å². The SMILES string of the molecule is C=CCNc1nnc(SCC(=O)N[C@@H](C)c2ccc(C)c(C)c2)s1. The van der Waals surface area contributed by atoms with Gasteiger partial charge in [0.05, 0.1) is 11.8 Å². The fourth-order valence-corrected chi connectivity index (χ4v) is 3.60. The number of benzene rings is 1. The summed E-state index contributed by atoms with van der Waals surface area (Å²) < 4.78 is 0.774. The van der Waals surface area contributed by atoms with Gasteiger partial charge in [0.15, 0.2) is 4.34 Å². The van der Waals surface area contributed by atoms with Crippen molar-refractivity contribution in [3.63, 3.8) is 0 Å². The van der Waals surface area contributed by atoms with Gasteiger partial charge in [0.1, 0.15) is 0 Å². The molecule has 2 N–H and O–H groups in total. The van der Waals surface area contributed by atoms with E-state index >= 15 is 0 Å². The van der Waals surface area contributed by atoms with Gasteiger partial charge in [-0.1, -0.05) is 47.4 Å². The molecule has 0 aliphatic rings. The van der Waals surface area contributed by atoms with Crippen LogP contribution in [0.1, 0.15) is 29.7 Å². The second kappa shape index (κ2) is 8.84. The van der Waals surface area contributed by atoms with Crippen LogP contribution < -0.4 is 10.6 Å². The lowest BCUT2D eigenvalue weighted by molar-refractivity contribution is -0.119. The molecule has 1 atom stereocenters. The topological polar surface area (TPSA) is 66.9 Å². The van der Waals surface area contributed by atoms with E-state index in [-0.39, 0.29) is 11.9 Å². The van der Waals surface area contributed by atoms with E-state index in [2.05, 4.69) is 59.5 Å². The van der Waals surface area contributed by atoms with Crippen LogP contribution in [-0.2, 0) is 4.79 Å². The maximum absolute atomic E-state index is 12.1. The highest BCUT2D eigenvalue weighted by Gasteiger charge is 2.12. The van der Waals surface area contributed by atoms with Crippen LogP contribution in [0.15, 0.2) is 35.2 Å². The summed E-state index contributed by atoms with van der Waals surface area (Å²) in [5, 5.41) is 14.9. The molecule has 0 radical (unpaired) electrons. The number of thioether (sulfide) groups is 1. The minimum Gasteiger partial charge on any atom is -0.357 e. The summed E-state index contributed by atoms with van der Waals surface area (Å²) in [6.07, 6.45) is 1.76. The van der Waals surface area contributed by atoms with E-state index < -0.39 is 0 Å². The lowest BCUT2D eigenvalue weighted by atomic mass is 10.0. The molecule has 0 aliphatic heterocycles. The summed E-state index contributed by atoms with van der Waals surface area (Å²) >= 11 is 2.83. The van der Waals surface area contributed by atoms with E-state index in [1.165, 1.54) is 34.2 Å². The predicted octanol–water partition coefficient (Wildman–Crippen LogP) is 3.72. The van der Waals surface area contributed by atoms with Gasteiger partial charge in [-0.2, -0.15) is 0 Å². The molecule has 7 heteroatoms. The summed E-state index contributed by atoms with van der Waals surface area (Å²) in [6.45, 7) is 10.4. The van der Waals surface area contributed by atoms with Crippen LogP contribution in [0.5, 0.6) is 0 Å². The number of nitrogens with one attached hydrogen (secondary N) is 2. The number of amides is 1. The maximum atomic E-state index is 12.1. The van der Waals surface area contributed by atoms with Crippen molar-refractivity contribution >= 4 is 34.1 Å². The first-order valence-electron chi connectivity index (χ1n) is 7.67. The molecule has 1 heterocycles. The molecule has 1 aromatic heterocycles. The van der Waals surface area contributed by atoms with Crippen LogP contribution in [-0.4, -0.2) is 28.4 Å². The standard InChI is InChI=1S/C17H22N4OS2/c1-5-8-18-16-20-21-17(24-16)23-10-15(22)19-13(4)14-7-6-11(2)12(3)9-14/h5-7,9,13H,1,8,10H2,2-4H3,(H,18,20)(H,19,22)/t13-/m0/s1. The van der Waals surface area contributed by atoms with E-state index in [9.17, 15) is 4.79 Å². The molecule has 0 spiro atoms. The molecule has 24 heavy (non-hydrogen) atoms. The van der Waals surface area contributed by atoms with E-state index in [4.69, 9.17) is 0 Å². The Kier molecular flexibility index (Phi) is 6.81. The van der Waals surface area contributed by atoms with Gasteiger partial charge in [0.25, 0.3) is 0 Å². The van der Waals surface area contributed by atoms with Crippen molar-refractivity contribution in [1.82, 2.24) is 15.5 Å². The third-order valence-electron chi connectivity index (χ3n) is 3.54. The van der Waals surface area contributed by atoms with Crippen LogP contribution in [0.3, 0.4) is 0 Å². The molecule has 0 bridgehead atoms. The first-order chi connectivity index (χ1) is 11.5. The second-order valence-electron chi connectivity index (χ2n) is 5.46. The normalized spacial score (nSPS) is 11.8. The number of anilines is 1. The second-order valence-corrected chi connectivity index (χ2v) is 7.66. The predicted molar refractivity (Wildman–Crippen MR) is 102 cm³/mol. The molecule has 0 saturated carbocycles. The van der Waals surface area contributed by atoms with Crippen molar-refractivity contribution in [1.29, 1.82) is 0 Å². The Bertz CT molecular complexity index is 714. The Morgan fingerprint density at radius 2 is 2.17 bits per heavy atom. The van der Waals surface area contributed by atoms with Crippen LogP contribution in [0.25, 0.3) is 0 Å². The van der Waals surface area contributed by atoms with Crippen LogP contribution in [0.4, 0.5) is 5.13 Å². The summed E-state index contributed by atoms with van der Waals surface area (Å²) in [5.74, 6) is 0.312. The highest BCUT2D eigenvalue weighted by molar-refractivity contribution is 8.01. The molecule has 0 unspecified atom stereocenters. The van der Waals surface area contributed by atoms with Gasteiger partial charge in [0, 0.05) is 6.54 Å². The Hall–Kier alpha value is -1.86. The van der Waals surface area contributed by atoms with Crippen molar-refractivity contribution < 1.29 is 4.79 Å². The van der Waals surface area contributed by atoms with Gasteiger partial charge in [-0.25, -0.2) is 0 Å². The average Bonchev–Trinajstić information content (AvgIpc) is 3.01. The quantitative estimate of drug-likeness (QED) is 0.553. The Balaban J connectivity index is 1.83. The number of carbonyl (C=O) groups excluding carboxylic acids is 1. The molecule has 2 aromatic rings. The van der Waals surface area contributed by atoms with Crippen LogP contribution >= 0.6 is 23.1 Å². The smallest absolute Gasteiger partial charge is 0.230 e. The average molecular weight is 363 g/mol. The van der Waals surface area contributed by atoms with Gasteiger partial charge in [-0.05, 0) is 37.5 Å². The number of aromatic nitrogens is 2. The van der Waals surface area contributed by atoms with E-state index in [1.54, 1.807) is 6.08 Å². The molecule has 5 nitrogen and oxygen atoms in total. The maximum Gasteiger partial charge on any atom is 0.230 e. The molecular weight excluding hydrogens is 340 g/mol. The van der Waals surface area contributed by atoms with Crippen LogP contribution in [0, 0.1) is 13.8 Å². The minimum atomic E-state index is -0.0170. The number of nitrogens with zero attached hydrogens (tertiary/aromatic N) is 2. The molecular formula is C17H22N4OS2. The molecule has 2 rings (SSSR count). The first kappa shape index (κ1) is 18.5. The van der Waals surface area contributed by atoms with Crippen molar-refractivity contribution in [3.05, 3.63) is 47.5 Å². The third kappa shape index (κ3) is 5.35. The van der Waals surface area contributed by atoms with Gasteiger partial charge in [-0.3, -0.25) is 4.79 Å². The fraction of sp³-hybridized carbons (Fsp3) is 0.353. The van der Waals surface area contributed by atoms with E-state index in [0.717, 1.165) is 15.0 Å². The highest BCUT2D eigenvalue weighted by Crippen LogP contribution is 2.25. The summed E-state index contributed by atoms with van der Waals surface area (Å²) in [6, 6.07) is 6.25. The Morgan fingerprint density at radius 3 is 2.88 bits per heavy atom. The highest BCUT2D eigenvalue weighted by atomic mass is 32.2. The minimum absolute atomic E-state index is 0.0125. The molecule has 0 saturated heterocycles. The molecule has 0 aliphatic carbocycles. The summed E-state index contributed by atoms with van der Waals surface area (Å²) in [5.41, 5.74) is 3.60. The molecule has 0 fully saturated rings. The van der Waals surface area contributed by atoms with Gasteiger partial charge in [-0.15, -0.1) is 16.8 Å². The number of hydrogen-bond acceptors (Lipinski definition) is 6. The molecule has 128 valence electrons. The van der Waals surface area contributed by atoms with Crippen molar-refractivity contribution in [2.24, 2.45) is 0 Å². The lowest BCUT2D eigenvalue weighted by Crippen LogP contribution is -2.28. The van der Waals surface area contributed by atoms with Crippen LogP contribution in [0.2, 0.25) is 0 Å². The first-order valence-corrected chi connectivity index (χ1v) is 9.47. The lowest BCUT2D eigenvalue weighted by Gasteiger charge is -2.15. The van der Waals surface area contributed by atoms with Gasteiger partial charge in [0.2, 0.25) is 11.0 Å². The van der Waals surface area contributed by atoms with Gasteiger partial charge < -0.3 is 10.6 Å².